The van der Waals surface area contributed by atoms with Crippen molar-refractivity contribution >= 4 is 27.8 Å². The van der Waals surface area contributed by atoms with Crippen LogP contribution >= 0.6 is 15.9 Å². The fourth-order valence-electron chi connectivity index (χ4n) is 2.67. The number of methoxy groups -OCH3 is 1. The molecule has 0 unspecified atom stereocenters. The molecular weight excluding hydrogens is 421 g/mol. The van der Waals surface area contributed by atoms with E-state index in [0.29, 0.717) is 21.5 Å². The lowest BCUT2D eigenvalue weighted by atomic mass is 10.1. The Kier molecular flexibility index (Phi) is 6.47. The van der Waals surface area contributed by atoms with E-state index < -0.39 is 0 Å². The lowest BCUT2D eigenvalue weighted by molar-refractivity contribution is 0.278. The SMILES string of the molecule is COc1cc(C=Nc2ccc(C)c(C)c2)cc(Br)c1OCc1ccccc1F. The molecule has 0 heterocycles. The average molecular weight is 442 g/mol. The quantitative estimate of drug-likeness (QED) is 0.406. The lowest BCUT2D eigenvalue weighted by Crippen LogP contribution is -2.01. The van der Waals surface area contributed by atoms with Crippen molar-refractivity contribution in [2.24, 2.45) is 4.99 Å². The second kappa shape index (κ2) is 9.02. The van der Waals surface area contributed by atoms with Gasteiger partial charge in [0.1, 0.15) is 12.4 Å². The summed E-state index contributed by atoms with van der Waals surface area (Å²) < 4.78 is 25.8. The van der Waals surface area contributed by atoms with Crippen LogP contribution in [-0.4, -0.2) is 13.3 Å². The van der Waals surface area contributed by atoms with E-state index in [9.17, 15) is 4.39 Å². The molecule has 0 atom stereocenters. The summed E-state index contributed by atoms with van der Waals surface area (Å²) >= 11 is 3.52. The molecule has 0 spiro atoms. The van der Waals surface area contributed by atoms with E-state index in [-0.39, 0.29) is 12.4 Å². The maximum atomic E-state index is 13.8. The van der Waals surface area contributed by atoms with Gasteiger partial charge in [-0.15, -0.1) is 0 Å². The molecule has 0 radical (unpaired) electrons. The molecule has 28 heavy (non-hydrogen) atoms. The monoisotopic (exact) mass is 441 g/mol. The zero-order valence-corrected chi connectivity index (χ0v) is 17.6. The summed E-state index contributed by atoms with van der Waals surface area (Å²) in [4.78, 5) is 4.54. The maximum absolute atomic E-state index is 13.8. The number of halogens is 2. The van der Waals surface area contributed by atoms with Crippen LogP contribution in [0, 0.1) is 19.7 Å². The predicted octanol–water partition coefficient (Wildman–Crippen LogP) is 6.54. The van der Waals surface area contributed by atoms with E-state index in [1.165, 1.54) is 17.2 Å². The first kappa shape index (κ1) is 20.1. The molecule has 0 aromatic heterocycles. The van der Waals surface area contributed by atoms with Crippen molar-refractivity contribution in [3.05, 3.63) is 87.1 Å². The van der Waals surface area contributed by atoms with Crippen LogP contribution in [0.4, 0.5) is 10.1 Å². The molecule has 0 N–H and O–H groups in total. The van der Waals surface area contributed by atoms with Crippen molar-refractivity contribution in [2.75, 3.05) is 7.11 Å². The van der Waals surface area contributed by atoms with Gasteiger partial charge in [-0.1, -0.05) is 24.3 Å². The highest BCUT2D eigenvalue weighted by molar-refractivity contribution is 9.10. The fraction of sp³-hybridized carbons (Fsp3) is 0.174. The minimum absolute atomic E-state index is 0.109. The highest BCUT2D eigenvalue weighted by Gasteiger charge is 2.12. The summed E-state index contributed by atoms with van der Waals surface area (Å²) in [7, 11) is 1.57. The predicted molar refractivity (Wildman–Crippen MR) is 115 cm³/mol. The summed E-state index contributed by atoms with van der Waals surface area (Å²) in [5.41, 5.74) is 4.67. The summed E-state index contributed by atoms with van der Waals surface area (Å²) in [6, 6.07) is 16.4. The van der Waals surface area contributed by atoms with Crippen LogP contribution in [-0.2, 0) is 6.61 Å². The molecule has 0 saturated heterocycles. The minimum Gasteiger partial charge on any atom is -0.493 e. The molecule has 3 aromatic rings. The molecule has 0 saturated carbocycles. The zero-order chi connectivity index (χ0) is 20.1. The zero-order valence-electron chi connectivity index (χ0n) is 16.0. The van der Waals surface area contributed by atoms with Crippen molar-refractivity contribution in [3.8, 4) is 11.5 Å². The van der Waals surface area contributed by atoms with E-state index in [1.54, 1.807) is 31.5 Å². The third-order valence-electron chi connectivity index (χ3n) is 4.43. The van der Waals surface area contributed by atoms with Crippen LogP contribution in [0.1, 0.15) is 22.3 Å². The van der Waals surface area contributed by atoms with E-state index in [0.717, 1.165) is 11.3 Å². The third kappa shape index (κ3) is 4.78. The number of rotatable bonds is 6. The number of hydrogen-bond acceptors (Lipinski definition) is 3. The first-order chi connectivity index (χ1) is 13.5. The van der Waals surface area contributed by atoms with E-state index >= 15 is 0 Å². The Balaban J connectivity index is 1.81. The molecule has 3 aromatic carbocycles. The number of benzene rings is 3. The third-order valence-corrected chi connectivity index (χ3v) is 5.02. The Morgan fingerprint density at radius 1 is 1.04 bits per heavy atom. The lowest BCUT2D eigenvalue weighted by Gasteiger charge is -2.14. The van der Waals surface area contributed by atoms with Gasteiger partial charge in [0, 0.05) is 11.8 Å². The van der Waals surface area contributed by atoms with E-state index in [4.69, 9.17) is 9.47 Å². The van der Waals surface area contributed by atoms with E-state index in [1.807, 2.05) is 24.3 Å². The van der Waals surface area contributed by atoms with Crippen molar-refractivity contribution in [3.63, 3.8) is 0 Å². The molecule has 5 heteroatoms. The average Bonchev–Trinajstić information content (AvgIpc) is 2.68. The number of aryl methyl sites for hydroxylation is 2. The summed E-state index contributed by atoms with van der Waals surface area (Å²) in [6.07, 6.45) is 1.78. The fourth-order valence-corrected chi connectivity index (χ4v) is 3.25. The van der Waals surface area contributed by atoms with Crippen molar-refractivity contribution in [1.29, 1.82) is 0 Å². The topological polar surface area (TPSA) is 30.8 Å². The number of nitrogens with zero attached hydrogens (tertiary/aromatic N) is 1. The van der Waals surface area contributed by atoms with Gasteiger partial charge in [-0.3, -0.25) is 4.99 Å². The number of aliphatic imine (C=N–C) groups is 1. The second-order valence-corrected chi connectivity index (χ2v) is 7.30. The molecule has 0 amide bonds. The van der Waals surface area contributed by atoms with Gasteiger partial charge in [-0.25, -0.2) is 4.39 Å². The molecule has 3 nitrogen and oxygen atoms in total. The molecule has 0 aliphatic rings. The number of ether oxygens (including phenoxy) is 2. The van der Waals surface area contributed by atoms with Gasteiger partial charge in [0.05, 0.1) is 17.3 Å². The summed E-state index contributed by atoms with van der Waals surface area (Å²) in [5.74, 6) is 0.774. The van der Waals surface area contributed by atoms with Crippen LogP contribution in [0.15, 0.2) is 64.1 Å². The Labute approximate surface area is 173 Å². The summed E-state index contributed by atoms with van der Waals surface area (Å²) in [6.45, 7) is 4.25. The highest BCUT2D eigenvalue weighted by Crippen LogP contribution is 2.37. The minimum atomic E-state index is -0.297. The van der Waals surface area contributed by atoms with Crippen LogP contribution in [0.25, 0.3) is 0 Å². The number of hydrogen-bond donors (Lipinski definition) is 0. The largest absolute Gasteiger partial charge is 0.493 e. The second-order valence-electron chi connectivity index (χ2n) is 6.44. The van der Waals surface area contributed by atoms with Gasteiger partial charge in [-0.2, -0.15) is 0 Å². The van der Waals surface area contributed by atoms with Gasteiger partial charge in [0.25, 0.3) is 0 Å². The molecule has 144 valence electrons. The van der Waals surface area contributed by atoms with Gasteiger partial charge >= 0.3 is 0 Å². The molecule has 0 aliphatic carbocycles. The maximum Gasteiger partial charge on any atom is 0.175 e. The van der Waals surface area contributed by atoms with Crippen LogP contribution in [0.5, 0.6) is 11.5 Å². The van der Waals surface area contributed by atoms with Gasteiger partial charge < -0.3 is 9.47 Å². The van der Waals surface area contributed by atoms with Crippen LogP contribution < -0.4 is 9.47 Å². The van der Waals surface area contributed by atoms with Gasteiger partial charge in [0.2, 0.25) is 0 Å². The Morgan fingerprint density at radius 3 is 2.54 bits per heavy atom. The molecule has 0 bridgehead atoms. The Hall–Kier alpha value is -2.66. The Bertz CT molecular complexity index is 1020. The van der Waals surface area contributed by atoms with Crippen molar-refractivity contribution < 1.29 is 13.9 Å². The first-order valence-corrected chi connectivity index (χ1v) is 9.62. The Morgan fingerprint density at radius 2 is 1.82 bits per heavy atom. The highest BCUT2D eigenvalue weighted by atomic mass is 79.9. The van der Waals surface area contributed by atoms with Crippen LogP contribution in [0.2, 0.25) is 0 Å². The summed E-state index contributed by atoms with van der Waals surface area (Å²) in [5, 5.41) is 0. The molecule has 0 fully saturated rings. The van der Waals surface area contributed by atoms with Crippen molar-refractivity contribution in [2.45, 2.75) is 20.5 Å². The van der Waals surface area contributed by atoms with Gasteiger partial charge in [0.15, 0.2) is 11.5 Å². The first-order valence-electron chi connectivity index (χ1n) is 8.83. The molecule has 0 aliphatic heterocycles. The molecule has 3 rings (SSSR count). The van der Waals surface area contributed by atoms with Crippen LogP contribution in [0.3, 0.4) is 0 Å². The van der Waals surface area contributed by atoms with E-state index in [2.05, 4.69) is 40.8 Å². The standard InChI is InChI=1S/C23H21BrFNO2/c1-15-8-9-19(10-16(15)2)26-13-17-11-20(24)23(22(12-17)27-3)28-14-18-6-4-5-7-21(18)25/h4-13H,14H2,1-3H3. The smallest absolute Gasteiger partial charge is 0.175 e. The van der Waals surface area contributed by atoms with Crippen molar-refractivity contribution in [1.82, 2.24) is 0 Å². The normalized spacial score (nSPS) is 11.0. The molecular formula is C23H21BrFNO2. The van der Waals surface area contributed by atoms with Gasteiger partial charge in [-0.05, 0) is 76.8 Å².